The highest BCUT2D eigenvalue weighted by atomic mass is 16.2. The first-order valence-corrected chi connectivity index (χ1v) is 8.70. The second-order valence-corrected chi connectivity index (χ2v) is 6.70. The number of carbonyl (C=O) groups is 1. The van der Waals surface area contributed by atoms with Crippen LogP contribution in [0, 0.1) is 13.8 Å². The highest BCUT2D eigenvalue weighted by Gasteiger charge is 2.11. The summed E-state index contributed by atoms with van der Waals surface area (Å²) < 4.78 is 1.51. The van der Waals surface area contributed by atoms with E-state index in [1.807, 2.05) is 50.2 Å². The molecule has 0 unspecified atom stereocenters. The molecule has 134 valence electrons. The molecule has 0 saturated carbocycles. The lowest BCUT2D eigenvalue weighted by Gasteiger charge is -2.18. The Morgan fingerprint density at radius 2 is 1.85 bits per heavy atom. The Kier molecular flexibility index (Phi) is 5.16. The molecular formula is C21H23N3O2. The maximum atomic E-state index is 12.6. The van der Waals surface area contributed by atoms with Gasteiger partial charge in [0.2, 0.25) is 5.91 Å². The normalized spacial score (nSPS) is 10.9. The molecule has 0 radical (unpaired) electrons. The van der Waals surface area contributed by atoms with Gasteiger partial charge in [0.05, 0.1) is 17.2 Å². The maximum Gasteiger partial charge on any atom is 0.261 e. The zero-order valence-electron chi connectivity index (χ0n) is 15.4. The smallest absolute Gasteiger partial charge is 0.261 e. The van der Waals surface area contributed by atoms with Crippen LogP contribution in [0.1, 0.15) is 23.1 Å². The third-order valence-corrected chi connectivity index (χ3v) is 4.59. The van der Waals surface area contributed by atoms with Crippen molar-refractivity contribution in [3.8, 4) is 0 Å². The minimum absolute atomic E-state index is 0.00168. The first kappa shape index (κ1) is 17.9. The van der Waals surface area contributed by atoms with Crippen molar-refractivity contribution in [1.82, 2.24) is 14.5 Å². The average Bonchev–Trinajstić information content (AvgIpc) is 2.63. The Labute approximate surface area is 152 Å². The molecule has 0 atom stereocenters. The van der Waals surface area contributed by atoms with Crippen LogP contribution in [0.15, 0.2) is 53.6 Å². The Morgan fingerprint density at radius 1 is 1.12 bits per heavy atom. The van der Waals surface area contributed by atoms with Gasteiger partial charge in [0, 0.05) is 26.6 Å². The summed E-state index contributed by atoms with van der Waals surface area (Å²) in [6, 6.07) is 13.7. The minimum atomic E-state index is -0.104. The topological polar surface area (TPSA) is 55.2 Å². The van der Waals surface area contributed by atoms with E-state index in [2.05, 4.69) is 4.98 Å². The second-order valence-electron chi connectivity index (χ2n) is 6.70. The Balaban J connectivity index is 1.67. The molecule has 1 heterocycles. The predicted octanol–water partition coefficient (Wildman–Crippen LogP) is 3.06. The molecule has 0 bridgehead atoms. The van der Waals surface area contributed by atoms with Gasteiger partial charge in [0.25, 0.3) is 5.56 Å². The fourth-order valence-electron chi connectivity index (χ4n) is 2.96. The molecule has 0 aliphatic heterocycles. The fourth-order valence-corrected chi connectivity index (χ4v) is 2.96. The van der Waals surface area contributed by atoms with Crippen LogP contribution in [0.4, 0.5) is 0 Å². The first-order valence-electron chi connectivity index (χ1n) is 8.70. The van der Waals surface area contributed by atoms with Gasteiger partial charge in [-0.25, -0.2) is 4.98 Å². The number of aromatic nitrogens is 2. The number of nitrogens with zero attached hydrogens (tertiary/aromatic N) is 3. The largest absolute Gasteiger partial charge is 0.341 e. The van der Waals surface area contributed by atoms with E-state index in [0.29, 0.717) is 18.5 Å². The van der Waals surface area contributed by atoms with Gasteiger partial charge < -0.3 is 4.90 Å². The maximum absolute atomic E-state index is 12.6. The molecule has 5 heteroatoms. The van der Waals surface area contributed by atoms with Gasteiger partial charge in [0.15, 0.2) is 0 Å². The summed E-state index contributed by atoms with van der Waals surface area (Å²) in [5.41, 5.74) is 3.87. The monoisotopic (exact) mass is 349 g/mol. The van der Waals surface area contributed by atoms with Crippen molar-refractivity contribution >= 4 is 16.8 Å². The van der Waals surface area contributed by atoms with Gasteiger partial charge in [-0.2, -0.15) is 0 Å². The average molecular weight is 349 g/mol. The van der Waals surface area contributed by atoms with E-state index in [0.717, 1.165) is 16.6 Å². The van der Waals surface area contributed by atoms with E-state index in [9.17, 15) is 9.59 Å². The van der Waals surface area contributed by atoms with Gasteiger partial charge in [-0.1, -0.05) is 42.0 Å². The number of fused-ring (bicyclic) bond motifs is 1. The number of para-hydroxylation sites is 1. The molecule has 2 aromatic carbocycles. The fraction of sp³-hybridized carbons (Fsp3) is 0.286. The Hall–Kier alpha value is -2.95. The zero-order chi connectivity index (χ0) is 18.7. The summed E-state index contributed by atoms with van der Waals surface area (Å²) in [4.78, 5) is 31.1. The molecule has 0 aliphatic carbocycles. The molecule has 0 fully saturated rings. The number of hydrogen-bond donors (Lipinski definition) is 0. The van der Waals surface area contributed by atoms with Crippen molar-refractivity contribution < 1.29 is 4.79 Å². The Morgan fingerprint density at radius 3 is 2.58 bits per heavy atom. The lowest BCUT2D eigenvalue weighted by atomic mass is 10.1. The van der Waals surface area contributed by atoms with Crippen LogP contribution in [0.25, 0.3) is 10.9 Å². The summed E-state index contributed by atoms with van der Waals surface area (Å²) in [6.45, 7) is 4.86. The molecule has 1 amide bonds. The lowest BCUT2D eigenvalue weighted by molar-refractivity contribution is -0.130. The molecule has 0 aliphatic rings. The van der Waals surface area contributed by atoms with E-state index in [1.54, 1.807) is 18.0 Å². The summed E-state index contributed by atoms with van der Waals surface area (Å²) in [5.74, 6) is 0.00168. The summed E-state index contributed by atoms with van der Waals surface area (Å²) in [7, 11) is 1.78. The molecule has 5 nitrogen and oxygen atoms in total. The van der Waals surface area contributed by atoms with Crippen molar-refractivity contribution in [1.29, 1.82) is 0 Å². The number of aryl methyl sites for hydroxylation is 3. The number of hydrogen-bond acceptors (Lipinski definition) is 3. The van der Waals surface area contributed by atoms with Gasteiger partial charge in [-0.05, 0) is 31.0 Å². The third-order valence-electron chi connectivity index (χ3n) is 4.59. The SMILES string of the molecule is Cc1ccc(CN(C)C(=O)CCn2cnc3c(C)cccc3c2=O)cc1. The van der Waals surface area contributed by atoms with Crippen molar-refractivity contribution in [2.45, 2.75) is 33.4 Å². The van der Waals surface area contributed by atoms with Gasteiger partial charge in [-0.15, -0.1) is 0 Å². The molecule has 0 saturated heterocycles. The molecule has 0 N–H and O–H groups in total. The third kappa shape index (κ3) is 3.82. The lowest BCUT2D eigenvalue weighted by Crippen LogP contribution is -2.29. The quantitative estimate of drug-likeness (QED) is 0.711. The number of amides is 1. The molecule has 3 aromatic rings. The van der Waals surface area contributed by atoms with Crippen molar-refractivity contribution in [3.63, 3.8) is 0 Å². The van der Waals surface area contributed by atoms with Crippen molar-refractivity contribution in [2.24, 2.45) is 0 Å². The summed E-state index contributed by atoms with van der Waals surface area (Å²) in [5, 5.41) is 0.591. The summed E-state index contributed by atoms with van der Waals surface area (Å²) in [6.07, 6.45) is 1.80. The van der Waals surface area contributed by atoms with Gasteiger partial charge in [-0.3, -0.25) is 14.2 Å². The minimum Gasteiger partial charge on any atom is -0.341 e. The van der Waals surface area contributed by atoms with E-state index >= 15 is 0 Å². The molecule has 3 rings (SSSR count). The van der Waals surface area contributed by atoms with E-state index in [4.69, 9.17) is 0 Å². The number of carbonyl (C=O) groups excluding carboxylic acids is 1. The summed E-state index contributed by atoms with van der Waals surface area (Å²) >= 11 is 0. The van der Waals surface area contributed by atoms with Gasteiger partial charge >= 0.3 is 0 Å². The van der Waals surface area contributed by atoms with Crippen LogP contribution >= 0.6 is 0 Å². The number of benzene rings is 2. The molecule has 26 heavy (non-hydrogen) atoms. The first-order chi connectivity index (χ1) is 12.5. The Bertz CT molecular complexity index is 990. The van der Waals surface area contributed by atoms with Crippen LogP contribution in [0.2, 0.25) is 0 Å². The van der Waals surface area contributed by atoms with Crippen LogP contribution < -0.4 is 5.56 Å². The van der Waals surface area contributed by atoms with Crippen LogP contribution in [0.3, 0.4) is 0 Å². The molecule has 0 spiro atoms. The number of rotatable bonds is 5. The standard InChI is InChI=1S/C21H23N3O2/c1-15-7-9-17(10-8-15)13-23(3)19(25)11-12-24-14-22-20-16(2)5-4-6-18(20)21(24)26/h4-10,14H,11-13H2,1-3H3. The van der Waals surface area contributed by atoms with Crippen molar-refractivity contribution in [3.05, 3.63) is 75.8 Å². The van der Waals surface area contributed by atoms with E-state index in [1.165, 1.54) is 16.5 Å². The molecule has 1 aromatic heterocycles. The zero-order valence-corrected chi connectivity index (χ0v) is 15.4. The highest BCUT2D eigenvalue weighted by molar-refractivity contribution is 5.80. The van der Waals surface area contributed by atoms with Crippen LogP contribution in [-0.4, -0.2) is 27.4 Å². The molecular weight excluding hydrogens is 326 g/mol. The van der Waals surface area contributed by atoms with Crippen molar-refractivity contribution in [2.75, 3.05) is 7.05 Å². The van der Waals surface area contributed by atoms with Gasteiger partial charge in [0.1, 0.15) is 0 Å². The van der Waals surface area contributed by atoms with Crippen LogP contribution in [-0.2, 0) is 17.9 Å². The second kappa shape index (κ2) is 7.52. The van der Waals surface area contributed by atoms with Crippen LogP contribution in [0.5, 0.6) is 0 Å². The van der Waals surface area contributed by atoms with E-state index in [-0.39, 0.29) is 17.9 Å². The van der Waals surface area contributed by atoms with E-state index < -0.39 is 0 Å². The predicted molar refractivity (Wildman–Crippen MR) is 103 cm³/mol. The highest BCUT2D eigenvalue weighted by Crippen LogP contribution is 2.11.